The van der Waals surface area contributed by atoms with Crippen molar-refractivity contribution >= 4 is 17.0 Å². The number of likely N-dealkylation sites (N-methyl/N-ethyl adjacent to an activating group) is 1. The highest BCUT2D eigenvalue weighted by atomic mass is 19.4. The van der Waals surface area contributed by atoms with Gasteiger partial charge in [0.1, 0.15) is 0 Å². The van der Waals surface area contributed by atoms with Gasteiger partial charge in [-0.05, 0) is 12.1 Å². The molecule has 4 nitrogen and oxygen atoms in total. The van der Waals surface area contributed by atoms with Gasteiger partial charge in [0.05, 0.1) is 17.6 Å². The number of benzene rings is 1. The van der Waals surface area contributed by atoms with Crippen LogP contribution < -0.4 is 4.90 Å². The van der Waals surface area contributed by atoms with E-state index >= 15 is 0 Å². The molecule has 0 radical (unpaired) electrons. The van der Waals surface area contributed by atoms with Crippen LogP contribution in [0.2, 0.25) is 0 Å². The number of alkyl halides is 3. The monoisotopic (exact) mass is 259 g/mol. The van der Waals surface area contributed by atoms with Gasteiger partial charge in [0.15, 0.2) is 6.10 Å². The van der Waals surface area contributed by atoms with Crippen LogP contribution >= 0.6 is 0 Å². The molecule has 0 spiro atoms. The Balaban J connectivity index is 2.16. The normalized spacial score (nSPS) is 13.8. The molecule has 1 aromatic heterocycles. The fourth-order valence-corrected chi connectivity index (χ4v) is 1.57. The highest BCUT2D eigenvalue weighted by molar-refractivity contribution is 5.77. The van der Waals surface area contributed by atoms with Crippen LogP contribution in [-0.2, 0) is 0 Å². The Morgan fingerprint density at radius 2 is 2.06 bits per heavy atom. The number of imidazole rings is 1. The van der Waals surface area contributed by atoms with Crippen molar-refractivity contribution in [2.24, 2.45) is 0 Å². The molecule has 0 saturated carbocycles. The Morgan fingerprint density at radius 3 is 2.67 bits per heavy atom. The fraction of sp³-hybridized carbons (Fsp3) is 0.364. The number of aromatic nitrogens is 2. The second-order valence-electron chi connectivity index (χ2n) is 4.02. The molecule has 1 aromatic carbocycles. The molecule has 1 atom stereocenters. The number of nitrogens with zero attached hydrogens (tertiary/aromatic N) is 2. The summed E-state index contributed by atoms with van der Waals surface area (Å²) in [6.07, 6.45) is -7.02. The van der Waals surface area contributed by atoms with Gasteiger partial charge in [0.25, 0.3) is 0 Å². The lowest BCUT2D eigenvalue weighted by atomic mass is 10.3. The number of hydrogen-bond acceptors (Lipinski definition) is 3. The van der Waals surface area contributed by atoms with Crippen molar-refractivity contribution in [3.8, 4) is 0 Å². The molecule has 0 amide bonds. The Bertz CT molecular complexity index is 505. The summed E-state index contributed by atoms with van der Waals surface area (Å²) in [7, 11) is 1.44. The van der Waals surface area contributed by atoms with E-state index in [1.807, 2.05) is 0 Å². The second-order valence-corrected chi connectivity index (χ2v) is 4.02. The van der Waals surface area contributed by atoms with E-state index in [9.17, 15) is 13.2 Å². The Labute approximate surface area is 101 Å². The number of para-hydroxylation sites is 2. The average Bonchev–Trinajstić information content (AvgIpc) is 2.71. The third-order valence-electron chi connectivity index (χ3n) is 2.56. The third kappa shape index (κ3) is 2.56. The summed E-state index contributed by atoms with van der Waals surface area (Å²) in [6.45, 7) is -0.566. The minimum Gasteiger partial charge on any atom is -0.382 e. The van der Waals surface area contributed by atoms with Crippen LogP contribution in [0.15, 0.2) is 24.3 Å². The fourth-order valence-electron chi connectivity index (χ4n) is 1.57. The Morgan fingerprint density at radius 1 is 1.39 bits per heavy atom. The highest BCUT2D eigenvalue weighted by Gasteiger charge is 2.39. The van der Waals surface area contributed by atoms with E-state index in [-0.39, 0.29) is 0 Å². The van der Waals surface area contributed by atoms with Crippen LogP contribution in [0.25, 0.3) is 11.0 Å². The molecule has 2 aromatic rings. The first-order valence-electron chi connectivity index (χ1n) is 5.28. The number of anilines is 1. The Hall–Kier alpha value is -1.76. The largest absolute Gasteiger partial charge is 0.416 e. The maximum absolute atomic E-state index is 12.2. The zero-order valence-corrected chi connectivity index (χ0v) is 9.57. The highest BCUT2D eigenvalue weighted by Crippen LogP contribution is 2.22. The molecule has 18 heavy (non-hydrogen) atoms. The number of aliphatic hydroxyl groups excluding tert-OH is 1. The number of fused-ring (bicyclic) bond motifs is 1. The molecule has 0 bridgehead atoms. The summed E-state index contributed by atoms with van der Waals surface area (Å²) in [4.78, 5) is 8.26. The maximum atomic E-state index is 12.2. The second kappa shape index (κ2) is 4.49. The number of halogens is 3. The lowest BCUT2D eigenvalue weighted by Gasteiger charge is -2.21. The number of rotatable bonds is 3. The number of aromatic amines is 1. The minimum absolute atomic E-state index is 0.291. The molecule has 0 aliphatic carbocycles. The van der Waals surface area contributed by atoms with Gasteiger partial charge in [0, 0.05) is 7.05 Å². The minimum atomic E-state index is -4.62. The molecule has 0 saturated heterocycles. The molecule has 1 unspecified atom stereocenters. The van der Waals surface area contributed by atoms with Crippen molar-refractivity contribution in [3.63, 3.8) is 0 Å². The first-order valence-corrected chi connectivity index (χ1v) is 5.28. The molecule has 0 fully saturated rings. The van der Waals surface area contributed by atoms with Crippen LogP contribution in [0.3, 0.4) is 0 Å². The number of aliphatic hydroxyl groups is 1. The van der Waals surface area contributed by atoms with Gasteiger partial charge in [-0.2, -0.15) is 13.2 Å². The summed E-state index contributed by atoms with van der Waals surface area (Å²) in [5, 5.41) is 8.98. The standard InChI is InChI=1S/C11H12F3N3O/c1-17(6-9(18)11(12,13)14)10-15-7-4-2-3-5-8(7)16-10/h2-5,9,18H,6H2,1H3,(H,15,16). The van der Waals surface area contributed by atoms with Crippen LogP contribution in [-0.4, -0.2) is 40.9 Å². The maximum Gasteiger partial charge on any atom is 0.416 e. The predicted octanol–water partition coefficient (Wildman–Crippen LogP) is 1.92. The lowest BCUT2D eigenvalue weighted by molar-refractivity contribution is -0.200. The van der Waals surface area contributed by atoms with E-state index < -0.39 is 18.8 Å². The van der Waals surface area contributed by atoms with Crippen molar-refractivity contribution in [3.05, 3.63) is 24.3 Å². The van der Waals surface area contributed by atoms with Gasteiger partial charge in [-0.15, -0.1) is 0 Å². The summed E-state index contributed by atoms with van der Waals surface area (Å²) >= 11 is 0. The lowest BCUT2D eigenvalue weighted by Crippen LogP contribution is -2.39. The van der Waals surface area contributed by atoms with Crippen LogP contribution in [0.5, 0.6) is 0 Å². The molecule has 7 heteroatoms. The van der Waals surface area contributed by atoms with E-state index in [1.54, 1.807) is 24.3 Å². The first kappa shape index (κ1) is 12.7. The van der Waals surface area contributed by atoms with Crippen molar-refractivity contribution in [2.75, 3.05) is 18.5 Å². The number of nitrogens with one attached hydrogen (secondary N) is 1. The van der Waals surface area contributed by atoms with Gasteiger partial charge >= 0.3 is 6.18 Å². The van der Waals surface area contributed by atoms with E-state index in [0.29, 0.717) is 11.5 Å². The van der Waals surface area contributed by atoms with Gasteiger partial charge < -0.3 is 15.0 Å². The van der Waals surface area contributed by atoms with Crippen molar-refractivity contribution < 1.29 is 18.3 Å². The summed E-state index contributed by atoms with van der Waals surface area (Å²) in [5.41, 5.74) is 1.40. The smallest absolute Gasteiger partial charge is 0.382 e. The van der Waals surface area contributed by atoms with Crippen molar-refractivity contribution in [2.45, 2.75) is 12.3 Å². The molecular formula is C11H12F3N3O. The van der Waals surface area contributed by atoms with E-state index in [2.05, 4.69) is 9.97 Å². The van der Waals surface area contributed by atoms with Crippen LogP contribution in [0.1, 0.15) is 0 Å². The molecule has 0 aliphatic heterocycles. The van der Waals surface area contributed by atoms with Crippen molar-refractivity contribution in [1.29, 1.82) is 0 Å². The topological polar surface area (TPSA) is 52.1 Å². The van der Waals surface area contributed by atoms with Gasteiger partial charge in [-0.25, -0.2) is 4.98 Å². The number of hydrogen-bond donors (Lipinski definition) is 2. The molecule has 2 rings (SSSR count). The van der Waals surface area contributed by atoms with E-state index in [1.165, 1.54) is 11.9 Å². The summed E-state index contributed by atoms with van der Waals surface area (Å²) < 4.78 is 36.7. The Kier molecular flexibility index (Phi) is 3.16. The quantitative estimate of drug-likeness (QED) is 0.885. The third-order valence-corrected chi connectivity index (χ3v) is 2.56. The molecule has 98 valence electrons. The molecular weight excluding hydrogens is 247 g/mol. The summed E-state index contributed by atoms with van der Waals surface area (Å²) in [5.74, 6) is 0.291. The van der Waals surface area contributed by atoms with Gasteiger partial charge in [-0.3, -0.25) is 0 Å². The molecule has 0 aliphatic rings. The van der Waals surface area contributed by atoms with Gasteiger partial charge in [-0.1, -0.05) is 12.1 Å². The van der Waals surface area contributed by atoms with Crippen LogP contribution in [0, 0.1) is 0 Å². The predicted molar refractivity (Wildman–Crippen MR) is 61.4 cm³/mol. The SMILES string of the molecule is CN(CC(O)C(F)(F)F)c1nc2ccccc2[nH]1. The van der Waals surface area contributed by atoms with Gasteiger partial charge in [0.2, 0.25) is 5.95 Å². The molecule has 2 N–H and O–H groups in total. The van der Waals surface area contributed by atoms with Crippen LogP contribution in [0.4, 0.5) is 19.1 Å². The van der Waals surface area contributed by atoms with Crippen molar-refractivity contribution in [1.82, 2.24) is 9.97 Å². The zero-order valence-electron chi connectivity index (χ0n) is 9.57. The summed E-state index contributed by atoms with van der Waals surface area (Å²) in [6, 6.07) is 7.12. The first-order chi connectivity index (χ1) is 8.38. The average molecular weight is 259 g/mol. The van der Waals surface area contributed by atoms with E-state index in [4.69, 9.17) is 5.11 Å². The zero-order chi connectivity index (χ0) is 13.3. The number of H-pyrrole nitrogens is 1. The van der Waals surface area contributed by atoms with E-state index in [0.717, 1.165) is 5.52 Å². The molecule has 1 heterocycles.